The van der Waals surface area contributed by atoms with Crippen molar-refractivity contribution in [1.82, 2.24) is 0 Å². The molecule has 1 aliphatic rings. The molecule has 0 radical (unpaired) electrons. The fraction of sp³-hybridized carbons (Fsp3) is 0.294. The van der Waals surface area contributed by atoms with Crippen LogP contribution < -0.4 is 9.47 Å². The quantitative estimate of drug-likeness (QED) is 0.915. The van der Waals surface area contributed by atoms with Crippen LogP contribution in [0.3, 0.4) is 0 Å². The van der Waals surface area contributed by atoms with Crippen molar-refractivity contribution in [2.75, 3.05) is 7.11 Å². The van der Waals surface area contributed by atoms with Gasteiger partial charge in [0.15, 0.2) is 0 Å². The van der Waals surface area contributed by atoms with Crippen molar-refractivity contribution in [3.8, 4) is 11.5 Å². The van der Waals surface area contributed by atoms with Gasteiger partial charge in [0, 0.05) is 18.1 Å². The summed E-state index contributed by atoms with van der Waals surface area (Å²) in [5.74, 6) is 0.984. The van der Waals surface area contributed by atoms with Crippen LogP contribution in [0.4, 0.5) is 4.39 Å². The number of hydrogen-bond donors (Lipinski definition) is 1. The van der Waals surface area contributed by atoms with E-state index in [0.29, 0.717) is 23.5 Å². The predicted octanol–water partition coefficient (Wildman–Crippen LogP) is 3.70. The number of halogens is 1. The molecule has 21 heavy (non-hydrogen) atoms. The minimum Gasteiger partial charge on any atom is -0.497 e. The molecule has 1 aliphatic heterocycles. The normalized spacial score (nSPS) is 20.6. The number of fused-ring (bicyclic) bond motifs is 1. The van der Waals surface area contributed by atoms with E-state index in [0.717, 1.165) is 11.1 Å². The average molecular weight is 288 g/mol. The molecule has 3 nitrogen and oxygen atoms in total. The highest BCUT2D eigenvalue weighted by atomic mass is 19.1. The third-order valence-electron chi connectivity index (χ3n) is 3.85. The lowest BCUT2D eigenvalue weighted by atomic mass is 9.94. The number of hydrogen-bond acceptors (Lipinski definition) is 3. The summed E-state index contributed by atoms with van der Waals surface area (Å²) in [5, 5.41) is 10.3. The van der Waals surface area contributed by atoms with Crippen LogP contribution >= 0.6 is 0 Å². The molecule has 0 spiro atoms. The van der Waals surface area contributed by atoms with Crippen molar-refractivity contribution >= 4 is 0 Å². The van der Waals surface area contributed by atoms with E-state index >= 15 is 0 Å². The van der Waals surface area contributed by atoms with Gasteiger partial charge in [0.05, 0.1) is 13.2 Å². The van der Waals surface area contributed by atoms with Gasteiger partial charge < -0.3 is 14.6 Å². The second-order valence-electron chi connectivity index (χ2n) is 5.27. The lowest BCUT2D eigenvalue weighted by molar-refractivity contribution is 0.0653. The highest BCUT2D eigenvalue weighted by Gasteiger charge is 2.28. The minimum absolute atomic E-state index is 0.262. The van der Waals surface area contributed by atoms with Gasteiger partial charge in [-0.2, -0.15) is 0 Å². The van der Waals surface area contributed by atoms with Gasteiger partial charge in [-0.05, 0) is 36.2 Å². The largest absolute Gasteiger partial charge is 0.497 e. The first-order chi connectivity index (χ1) is 10.1. The Morgan fingerprint density at radius 3 is 2.76 bits per heavy atom. The third-order valence-corrected chi connectivity index (χ3v) is 3.85. The van der Waals surface area contributed by atoms with Gasteiger partial charge in [-0.25, -0.2) is 4.39 Å². The number of aliphatic hydroxyl groups excluding tert-OH is 1. The number of benzene rings is 2. The Kier molecular flexibility index (Phi) is 3.55. The van der Waals surface area contributed by atoms with Crippen LogP contribution in [0.5, 0.6) is 11.5 Å². The standard InChI is InChI=1S/C17H17FO3/c1-10-3-4-11(7-14(10)18)16-9-15(19)13-6-5-12(20-2)8-17(13)21-16/h3-8,15-16,19H,9H2,1-2H3/t15-,16?/m0/s1. The fourth-order valence-electron chi connectivity index (χ4n) is 2.56. The molecule has 0 saturated carbocycles. The summed E-state index contributed by atoms with van der Waals surface area (Å²) in [4.78, 5) is 0. The number of aryl methyl sites for hydroxylation is 1. The van der Waals surface area contributed by atoms with Crippen LogP contribution in [0, 0.1) is 12.7 Å². The molecule has 0 fully saturated rings. The first kappa shape index (κ1) is 13.9. The average Bonchev–Trinajstić information content (AvgIpc) is 2.49. The zero-order chi connectivity index (χ0) is 15.0. The van der Waals surface area contributed by atoms with Crippen molar-refractivity contribution in [3.05, 3.63) is 58.9 Å². The van der Waals surface area contributed by atoms with E-state index in [1.807, 2.05) is 6.07 Å². The summed E-state index contributed by atoms with van der Waals surface area (Å²) in [5.41, 5.74) is 2.06. The summed E-state index contributed by atoms with van der Waals surface area (Å²) in [6.45, 7) is 1.72. The molecule has 2 aromatic rings. The van der Waals surface area contributed by atoms with E-state index in [1.165, 1.54) is 6.07 Å². The Balaban J connectivity index is 1.94. The van der Waals surface area contributed by atoms with E-state index in [4.69, 9.17) is 9.47 Å². The lowest BCUT2D eigenvalue weighted by Gasteiger charge is -2.30. The highest BCUT2D eigenvalue weighted by Crippen LogP contribution is 2.42. The Hall–Kier alpha value is -2.07. The summed E-state index contributed by atoms with van der Waals surface area (Å²) < 4.78 is 24.8. The third kappa shape index (κ3) is 2.59. The molecular weight excluding hydrogens is 271 g/mol. The van der Waals surface area contributed by atoms with Gasteiger partial charge in [-0.3, -0.25) is 0 Å². The molecule has 0 bridgehead atoms. The Morgan fingerprint density at radius 2 is 2.05 bits per heavy atom. The van der Waals surface area contributed by atoms with Gasteiger partial charge in [0.2, 0.25) is 0 Å². The van der Waals surface area contributed by atoms with Crippen LogP contribution in [0.15, 0.2) is 36.4 Å². The molecule has 0 aliphatic carbocycles. The first-order valence-corrected chi connectivity index (χ1v) is 6.87. The second kappa shape index (κ2) is 5.37. The van der Waals surface area contributed by atoms with Crippen LogP contribution in [-0.2, 0) is 0 Å². The lowest BCUT2D eigenvalue weighted by Crippen LogP contribution is -2.19. The SMILES string of the molecule is COc1ccc2c(c1)OC(c1ccc(C)c(F)c1)C[C@@H]2O. The van der Waals surface area contributed by atoms with E-state index in [9.17, 15) is 9.50 Å². The molecule has 1 heterocycles. The van der Waals surface area contributed by atoms with Crippen molar-refractivity contribution in [3.63, 3.8) is 0 Å². The van der Waals surface area contributed by atoms with Crippen LogP contribution in [-0.4, -0.2) is 12.2 Å². The predicted molar refractivity (Wildman–Crippen MR) is 77.1 cm³/mol. The van der Waals surface area contributed by atoms with Crippen molar-refractivity contribution in [1.29, 1.82) is 0 Å². The molecule has 0 amide bonds. The van der Waals surface area contributed by atoms with Crippen LogP contribution in [0.1, 0.15) is 35.3 Å². The smallest absolute Gasteiger partial charge is 0.129 e. The molecule has 3 rings (SSSR count). The fourth-order valence-corrected chi connectivity index (χ4v) is 2.56. The topological polar surface area (TPSA) is 38.7 Å². The van der Waals surface area contributed by atoms with E-state index in [2.05, 4.69) is 0 Å². The maximum atomic E-state index is 13.7. The van der Waals surface area contributed by atoms with Gasteiger partial charge >= 0.3 is 0 Å². The molecule has 1 N–H and O–H groups in total. The number of rotatable bonds is 2. The summed E-state index contributed by atoms with van der Waals surface area (Å²) in [6, 6.07) is 10.4. The van der Waals surface area contributed by atoms with Crippen LogP contribution in [0.25, 0.3) is 0 Å². The minimum atomic E-state index is -0.631. The Labute approximate surface area is 122 Å². The number of methoxy groups -OCH3 is 1. The van der Waals surface area contributed by atoms with Gasteiger partial charge in [0.1, 0.15) is 23.4 Å². The van der Waals surface area contributed by atoms with E-state index in [1.54, 1.807) is 38.3 Å². The number of aliphatic hydroxyl groups is 1. The molecular formula is C17H17FO3. The van der Waals surface area contributed by atoms with Crippen molar-refractivity contribution in [2.45, 2.75) is 25.6 Å². The van der Waals surface area contributed by atoms with Gasteiger partial charge in [-0.15, -0.1) is 0 Å². The summed E-state index contributed by atoms with van der Waals surface area (Å²) in [6.07, 6.45) is -0.592. The van der Waals surface area contributed by atoms with Gasteiger partial charge in [-0.1, -0.05) is 12.1 Å². The van der Waals surface area contributed by atoms with Gasteiger partial charge in [0.25, 0.3) is 0 Å². The first-order valence-electron chi connectivity index (χ1n) is 6.87. The van der Waals surface area contributed by atoms with Crippen LogP contribution in [0.2, 0.25) is 0 Å². The Morgan fingerprint density at radius 1 is 1.24 bits per heavy atom. The molecule has 4 heteroatoms. The van der Waals surface area contributed by atoms with Crippen molar-refractivity contribution < 1.29 is 19.0 Å². The zero-order valence-electron chi connectivity index (χ0n) is 12.0. The molecule has 2 aromatic carbocycles. The summed E-state index contributed by atoms with van der Waals surface area (Å²) >= 11 is 0. The molecule has 0 saturated heterocycles. The number of ether oxygens (including phenoxy) is 2. The second-order valence-corrected chi connectivity index (χ2v) is 5.27. The highest BCUT2D eigenvalue weighted by molar-refractivity contribution is 5.44. The molecule has 0 aromatic heterocycles. The zero-order valence-corrected chi connectivity index (χ0v) is 12.0. The molecule has 1 unspecified atom stereocenters. The summed E-state index contributed by atoms with van der Waals surface area (Å²) in [7, 11) is 1.58. The molecule has 2 atom stereocenters. The maximum Gasteiger partial charge on any atom is 0.129 e. The Bertz CT molecular complexity index is 669. The van der Waals surface area contributed by atoms with E-state index in [-0.39, 0.29) is 11.9 Å². The van der Waals surface area contributed by atoms with E-state index < -0.39 is 6.10 Å². The van der Waals surface area contributed by atoms with Crippen molar-refractivity contribution in [2.24, 2.45) is 0 Å². The monoisotopic (exact) mass is 288 g/mol. The molecule has 110 valence electrons. The maximum absolute atomic E-state index is 13.7.